The van der Waals surface area contributed by atoms with Gasteiger partial charge in [0.15, 0.2) is 0 Å². The van der Waals surface area contributed by atoms with Crippen molar-refractivity contribution in [3.8, 4) is 0 Å². The van der Waals surface area contributed by atoms with Crippen molar-refractivity contribution in [3.63, 3.8) is 0 Å². The van der Waals surface area contributed by atoms with Crippen molar-refractivity contribution < 1.29 is 19.2 Å². The van der Waals surface area contributed by atoms with E-state index in [2.05, 4.69) is 55.8 Å². The molecule has 4 rings (SSSR count). The van der Waals surface area contributed by atoms with Crippen molar-refractivity contribution in [2.24, 2.45) is 0 Å². The first-order valence-electron chi connectivity index (χ1n) is 12.0. The van der Waals surface area contributed by atoms with E-state index in [0.717, 1.165) is 30.7 Å². The second-order valence-electron chi connectivity index (χ2n) is 8.63. The van der Waals surface area contributed by atoms with E-state index in [-0.39, 0.29) is 59.4 Å². The van der Waals surface area contributed by atoms with Gasteiger partial charge in [-0.3, -0.25) is 29.0 Å². The lowest BCUT2D eigenvalue weighted by molar-refractivity contribution is -0.124. The van der Waals surface area contributed by atoms with E-state index in [1.54, 1.807) is 0 Å². The first-order chi connectivity index (χ1) is 19.1. The Hall–Kier alpha value is -1.60. The summed E-state index contributed by atoms with van der Waals surface area (Å²) in [5.41, 5.74) is 1.43. The van der Waals surface area contributed by atoms with Crippen LogP contribution in [-0.4, -0.2) is 55.2 Å². The SMILES string of the molecule is O=C(CCCN1C(=O)/C(=C2\SC(=S)N(CCCC(=O)Nc3ccc(I)cc3)C2=O)SC1=S)Nc1ccc(I)cc1. The molecule has 208 valence electrons. The Bertz CT molecular complexity index is 1290. The number of thiocarbonyl (C=S) groups is 2. The number of carbonyl (C=O) groups excluding carboxylic acids is 4. The minimum atomic E-state index is -0.356. The van der Waals surface area contributed by atoms with Crippen LogP contribution in [0.2, 0.25) is 0 Å². The van der Waals surface area contributed by atoms with Crippen LogP contribution in [0.3, 0.4) is 0 Å². The fourth-order valence-corrected chi connectivity index (χ4v) is 7.26. The van der Waals surface area contributed by atoms with Crippen LogP contribution in [0.5, 0.6) is 0 Å². The van der Waals surface area contributed by atoms with Gasteiger partial charge in [0.05, 0.1) is 9.81 Å². The van der Waals surface area contributed by atoms with Gasteiger partial charge in [0.2, 0.25) is 11.8 Å². The molecule has 0 bridgehead atoms. The maximum Gasteiger partial charge on any atom is 0.267 e. The van der Waals surface area contributed by atoms with E-state index >= 15 is 0 Å². The van der Waals surface area contributed by atoms with Crippen LogP contribution >= 0.6 is 93.1 Å². The molecule has 2 heterocycles. The third-order valence-corrected chi connectivity index (χ3v) is 10.2. The van der Waals surface area contributed by atoms with Gasteiger partial charge in [-0.25, -0.2) is 0 Å². The fourth-order valence-electron chi connectivity index (χ4n) is 3.76. The van der Waals surface area contributed by atoms with Crippen LogP contribution in [0.15, 0.2) is 58.3 Å². The molecular weight excluding hydrogens is 814 g/mol. The monoisotopic (exact) mass is 836 g/mol. The number of hydrogen-bond donors (Lipinski definition) is 2. The Morgan fingerprint density at radius 2 is 1.02 bits per heavy atom. The number of hydrogen-bond acceptors (Lipinski definition) is 8. The van der Waals surface area contributed by atoms with Crippen molar-refractivity contribution in [1.82, 2.24) is 9.80 Å². The summed E-state index contributed by atoms with van der Waals surface area (Å²) in [5, 5.41) is 5.67. The summed E-state index contributed by atoms with van der Waals surface area (Å²) in [6.45, 7) is 0.536. The Labute approximate surface area is 278 Å². The third-order valence-electron chi connectivity index (χ3n) is 5.73. The Balaban J connectivity index is 1.27. The summed E-state index contributed by atoms with van der Waals surface area (Å²) in [4.78, 5) is 54.2. The van der Waals surface area contributed by atoms with Crippen LogP contribution < -0.4 is 10.6 Å². The van der Waals surface area contributed by atoms with Crippen molar-refractivity contribution in [2.75, 3.05) is 23.7 Å². The lowest BCUT2D eigenvalue weighted by Gasteiger charge is -2.14. The second kappa shape index (κ2) is 14.5. The van der Waals surface area contributed by atoms with E-state index in [9.17, 15) is 19.2 Å². The van der Waals surface area contributed by atoms with Gasteiger partial charge >= 0.3 is 0 Å². The Morgan fingerprint density at radius 1 is 0.675 bits per heavy atom. The maximum atomic E-state index is 13.1. The van der Waals surface area contributed by atoms with Gasteiger partial charge in [-0.1, -0.05) is 48.0 Å². The quantitative estimate of drug-likeness (QED) is 0.172. The normalized spacial score (nSPS) is 17.1. The first-order valence-corrected chi connectivity index (χ1v) is 16.7. The summed E-state index contributed by atoms with van der Waals surface area (Å²) in [5.74, 6) is -1.02. The van der Waals surface area contributed by atoms with Crippen LogP contribution in [-0.2, 0) is 19.2 Å². The van der Waals surface area contributed by atoms with Crippen LogP contribution in [0, 0.1) is 7.14 Å². The molecule has 0 spiro atoms. The zero-order valence-corrected chi connectivity index (χ0v) is 28.4. The lowest BCUT2D eigenvalue weighted by Crippen LogP contribution is -2.31. The zero-order chi connectivity index (χ0) is 28.8. The molecule has 0 aliphatic carbocycles. The number of rotatable bonds is 10. The van der Waals surface area contributed by atoms with E-state index in [0.29, 0.717) is 32.9 Å². The lowest BCUT2D eigenvalue weighted by atomic mass is 10.2. The molecule has 0 aromatic heterocycles. The summed E-state index contributed by atoms with van der Waals surface area (Å²) in [6.07, 6.45) is 1.28. The number of halogens is 2. The highest BCUT2D eigenvalue weighted by Crippen LogP contribution is 2.42. The van der Waals surface area contributed by atoms with Crippen LogP contribution in [0.25, 0.3) is 0 Å². The summed E-state index contributed by atoms with van der Waals surface area (Å²) >= 11 is 17.3. The number of amides is 4. The number of nitrogens with one attached hydrogen (secondary N) is 2. The van der Waals surface area contributed by atoms with Crippen molar-refractivity contribution in [3.05, 3.63) is 65.5 Å². The van der Waals surface area contributed by atoms with Gasteiger partial charge in [0.25, 0.3) is 11.8 Å². The maximum absolute atomic E-state index is 13.1. The first kappa shape index (κ1) is 31.3. The van der Waals surface area contributed by atoms with Gasteiger partial charge < -0.3 is 10.6 Å². The van der Waals surface area contributed by atoms with E-state index < -0.39 is 0 Å². The molecule has 2 fully saturated rings. The van der Waals surface area contributed by atoms with Crippen molar-refractivity contribution in [2.45, 2.75) is 25.7 Å². The van der Waals surface area contributed by atoms with Crippen molar-refractivity contribution >= 4 is 137 Å². The molecular formula is C26H22I2N4O4S4. The van der Waals surface area contributed by atoms with E-state index in [1.807, 2.05) is 48.5 Å². The van der Waals surface area contributed by atoms with Gasteiger partial charge in [0, 0.05) is 44.4 Å². The average molecular weight is 837 g/mol. The molecule has 0 atom stereocenters. The fraction of sp³-hybridized carbons (Fsp3) is 0.231. The Kier molecular flexibility index (Phi) is 11.4. The standard InChI is InChI=1S/C26H22I2N4O4S4/c27-15-5-9-17(10-6-15)29-19(33)3-1-13-31-23(35)21(39-25(31)37)22-24(36)32(26(38)40-22)14-2-4-20(34)30-18-11-7-16(28)8-12-18/h5-12H,1-4,13-14H2,(H,29,33)(H,30,34)/b22-21+. The highest BCUT2D eigenvalue weighted by molar-refractivity contribution is 14.1. The van der Waals surface area contributed by atoms with Gasteiger partial charge in [0.1, 0.15) is 8.64 Å². The predicted octanol–water partition coefficient (Wildman–Crippen LogP) is 5.97. The number of carbonyl (C=O) groups is 4. The Morgan fingerprint density at radius 3 is 1.38 bits per heavy atom. The molecule has 2 aliphatic heterocycles. The highest BCUT2D eigenvalue weighted by Gasteiger charge is 2.41. The van der Waals surface area contributed by atoms with Crippen molar-refractivity contribution in [1.29, 1.82) is 0 Å². The topological polar surface area (TPSA) is 98.8 Å². The zero-order valence-electron chi connectivity index (χ0n) is 20.8. The molecule has 4 amide bonds. The minimum Gasteiger partial charge on any atom is -0.326 e. The average Bonchev–Trinajstić information content (AvgIpc) is 3.35. The molecule has 14 heteroatoms. The highest BCUT2D eigenvalue weighted by atomic mass is 127. The minimum absolute atomic E-state index is 0.153. The number of thioether (sulfide) groups is 2. The molecule has 8 nitrogen and oxygen atoms in total. The molecule has 0 unspecified atom stereocenters. The molecule has 0 saturated carbocycles. The summed E-state index contributed by atoms with van der Waals surface area (Å²) < 4.78 is 2.83. The van der Waals surface area contributed by atoms with Gasteiger partial charge in [-0.15, -0.1) is 0 Å². The van der Waals surface area contributed by atoms with E-state index in [1.165, 1.54) is 9.80 Å². The van der Waals surface area contributed by atoms with Crippen LogP contribution in [0.4, 0.5) is 11.4 Å². The van der Waals surface area contributed by atoms with Gasteiger partial charge in [-0.2, -0.15) is 0 Å². The largest absolute Gasteiger partial charge is 0.326 e. The number of nitrogens with zero attached hydrogens (tertiary/aromatic N) is 2. The molecule has 2 N–H and O–H groups in total. The molecule has 0 radical (unpaired) electrons. The molecule has 2 saturated heterocycles. The predicted molar refractivity (Wildman–Crippen MR) is 185 cm³/mol. The van der Waals surface area contributed by atoms with E-state index in [4.69, 9.17) is 24.4 Å². The van der Waals surface area contributed by atoms with Crippen LogP contribution in [0.1, 0.15) is 25.7 Å². The summed E-state index contributed by atoms with van der Waals surface area (Å²) in [7, 11) is 0. The summed E-state index contributed by atoms with van der Waals surface area (Å²) in [6, 6.07) is 14.9. The van der Waals surface area contributed by atoms with Gasteiger partial charge in [-0.05, 0) is 107 Å². The number of anilines is 2. The molecule has 2 aromatic carbocycles. The number of benzene rings is 2. The smallest absolute Gasteiger partial charge is 0.267 e. The third kappa shape index (κ3) is 8.24. The molecule has 40 heavy (non-hydrogen) atoms. The molecule has 2 aromatic rings. The molecule has 2 aliphatic rings. The second-order valence-corrected chi connectivity index (χ2v) is 14.4.